The molecule has 3 heteroatoms. The van der Waals surface area contributed by atoms with Crippen molar-refractivity contribution in [3.63, 3.8) is 0 Å². The molecule has 0 atom stereocenters. The van der Waals surface area contributed by atoms with Crippen LogP contribution < -0.4 is 0 Å². The molecule has 1 aromatic carbocycles. The molecule has 1 N–H and O–H groups in total. The Balaban J connectivity index is 1.72. The summed E-state index contributed by atoms with van der Waals surface area (Å²) in [5.74, 6) is -0.140. The average molecular weight is 276 g/mol. The van der Waals surface area contributed by atoms with Gasteiger partial charge in [-0.25, -0.2) is 4.79 Å². The topological polar surface area (TPSA) is 46.5 Å². The number of benzene rings is 1. The standard InChI is InChI=1S/C17H24O3/c18-17(19)13-20-12-4-5-14-8-10-16(11-9-14)15-6-2-1-3-7-15/h8-11,15H,1-7,12-13H2,(H,18,19). The number of ether oxygens (including phenoxy) is 1. The van der Waals surface area contributed by atoms with E-state index in [1.54, 1.807) is 0 Å². The second-order valence-electron chi connectivity index (χ2n) is 5.63. The Bertz CT molecular complexity index is 405. The molecule has 1 aliphatic rings. The van der Waals surface area contributed by atoms with Gasteiger partial charge in [-0.3, -0.25) is 0 Å². The molecular formula is C17H24O3. The maximum atomic E-state index is 10.3. The van der Waals surface area contributed by atoms with Crippen LogP contribution in [0.4, 0.5) is 0 Å². The van der Waals surface area contributed by atoms with E-state index in [0.29, 0.717) is 6.61 Å². The highest BCUT2D eigenvalue weighted by Gasteiger charge is 2.14. The first-order valence-electron chi connectivity index (χ1n) is 7.64. The molecule has 1 fully saturated rings. The first-order chi connectivity index (χ1) is 9.75. The van der Waals surface area contributed by atoms with Crippen LogP contribution in [0, 0.1) is 0 Å². The Labute approximate surface area is 121 Å². The van der Waals surface area contributed by atoms with Crippen LogP contribution in [0.2, 0.25) is 0 Å². The quantitative estimate of drug-likeness (QED) is 0.771. The molecule has 0 radical (unpaired) electrons. The van der Waals surface area contributed by atoms with Gasteiger partial charge in [0.05, 0.1) is 0 Å². The van der Waals surface area contributed by atoms with Crippen molar-refractivity contribution in [2.24, 2.45) is 0 Å². The van der Waals surface area contributed by atoms with Gasteiger partial charge in [0.2, 0.25) is 0 Å². The molecule has 1 aromatic rings. The van der Waals surface area contributed by atoms with Crippen LogP contribution in [0.25, 0.3) is 0 Å². The maximum absolute atomic E-state index is 10.3. The van der Waals surface area contributed by atoms with Crippen LogP contribution in [0.3, 0.4) is 0 Å². The molecule has 0 aromatic heterocycles. The highest BCUT2D eigenvalue weighted by molar-refractivity contribution is 5.67. The van der Waals surface area contributed by atoms with E-state index in [-0.39, 0.29) is 6.61 Å². The summed E-state index contributed by atoms with van der Waals surface area (Å²) in [4.78, 5) is 10.3. The van der Waals surface area contributed by atoms with Gasteiger partial charge in [0.1, 0.15) is 6.61 Å². The number of hydrogen-bond acceptors (Lipinski definition) is 2. The zero-order valence-electron chi connectivity index (χ0n) is 12.0. The molecule has 0 aliphatic heterocycles. The van der Waals surface area contributed by atoms with Crippen molar-refractivity contribution < 1.29 is 14.6 Å². The van der Waals surface area contributed by atoms with Gasteiger partial charge in [-0.2, -0.15) is 0 Å². The van der Waals surface area contributed by atoms with Crippen LogP contribution in [0.5, 0.6) is 0 Å². The fraction of sp³-hybridized carbons (Fsp3) is 0.588. The summed E-state index contributed by atoms with van der Waals surface area (Å²) in [5.41, 5.74) is 2.79. The van der Waals surface area contributed by atoms with Gasteiger partial charge in [0.25, 0.3) is 0 Å². The zero-order valence-corrected chi connectivity index (χ0v) is 12.0. The molecule has 20 heavy (non-hydrogen) atoms. The van der Waals surface area contributed by atoms with Crippen molar-refractivity contribution in [1.29, 1.82) is 0 Å². The monoisotopic (exact) mass is 276 g/mol. The van der Waals surface area contributed by atoms with Crippen molar-refractivity contribution in [3.8, 4) is 0 Å². The first-order valence-corrected chi connectivity index (χ1v) is 7.64. The van der Waals surface area contributed by atoms with E-state index in [2.05, 4.69) is 24.3 Å². The fourth-order valence-electron chi connectivity index (χ4n) is 2.93. The van der Waals surface area contributed by atoms with Crippen molar-refractivity contribution in [2.75, 3.05) is 13.2 Å². The maximum Gasteiger partial charge on any atom is 0.329 e. The van der Waals surface area contributed by atoms with Crippen molar-refractivity contribution >= 4 is 5.97 Å². The number of carboxylic acids is 1. The third-order valence-corrected chi connectivity index (χ3v) is 4.04. The van der Waals surface area contributed by atoms with E-state index >= 15 is 0 Å². The van der Waals surface area contributed by atoms with Crippen LogP contribution in [0.15, 0.2) is 24.3 Å². The minimum absolute atomic E-state index is 0.194. The Hall–Kier alpha value is -1.35. The first kappa shape index (κ1) is 15.0. The molecule has 0 bridgehead atoms. The SMILES string of the molecule is O=C(O)COCCCc1ccc(C2CCCCC2)cc1. The molecule has 0 unspecified atom stereocenters. The average Bonchev–Trinajstić information content (AvgIpc) is 2.48. The number of aliphatic carboxylic acids is 1. The van der Waals surface area contributed by atoms with Crippen molar-refractivity contribution in [3.05, 3.63) is 35.4 Å². The number of hydrogen-bond donors (Lipinski definition) is 1. The summed E-state index contributed by atoms with van der Waals surface area (Å²) in [6, 6.07) is 8.95. The third kappa shape index (κ3) is 4.97. The van der Waals surface area contributed by atoms with E-state index < -0.39 is 5.97 Å². The summed E-state index contributed by atoms with van der Waals surface area (Å²) < 4.78 is 5.04. The largest absolute Gasteiger partial charge is 0.480 e. The minimum atomic E-state index is -0.901. The predicted octanol–water partition coefficient (Wildman–Crippen LogP) is 3.77. The van der Waals surface area contributed by atoms with Crippen LogP contribution >= 0.6 is 0 Å². The van der Waals surface area contributed by atoms with Gasteiger partial charge in [0.15, 0.2) is 0 Å². The number of carboxylic acid groups (broad SMARTS) is 1. The second-order valence-corrected chi connectivity index (χ2v) is 5.63. The molecular weight excluding hydrogens is 252 g/mol. The molecule has 0 spiro atoms. The minimum Gasteiger partial charge on any atom is -0.480 e. The number of carbonyl (C=O) groups is 1. The smallest absolute Gasteiger partial charge is 0.329 e. The normalized spacial score (nSPS) is 16.2. The van der Waals surface area contributed by atoms with Gasteiger partial charge >= 0.3 is 5.97 Å². The molecule has 110 valence electrons. The second kappa shape index (κ2) is 8.05. The molecule has 3 nitrogen and oxygen atoms in total. The van der Waals surface area contributed by atoms with E-state index in [4.69, 9.17) is 9.84 Å². The van der Waals surface area contributed by atoms with E-state index in [1.807, 2.05) is 0 Å². The lowest BCUT2D eigenvalue weighted by molar-refractivity contribution is -0.142. The van der Waals surface area contributed by atoms with Crippen LogP contribution in [0.1, 0.15) is 55.6 Å². The van der Waals surface area contributed by atoms with Crippen LogP contribution in [-0.2, 0) is 16.0 Å². The Morgan fingerprint density at radius 2 is 1.85 bits per heavy atom. The zero-order chi connectivity index (χ0) is 14.2. The van der Waals surface area contributed by atoms with Crippen LogP contribution in [-0.4, -0.2) is 24.3 Å². The fourth-order valence-corrected chi connectivity index (χ4v) is 2.93. The van der Waals surface area contributed by atoms with Gasteiger partial charge in [-0.15, -0.1) is 0 Å². The lowest BCUT2D eigenvalue weighted by Gasteiger charge is -2.22. The van der Waals surface area contributed by atoms with Gasteiger partial charge in [-0.1, -0.05) is 43.5 Å². The number of aryl methyl sites for hydroxylation is 1. The van der Waals surface area contributed by atoms with Gasteiger partial charge < -0.3 is 9.84 Å². The molecule has 0 heterocycles. The lowest BCUT2D eigenvalue weighted by atomic mass is 9.84. The summed E-state index contributed by atoms with van der Waals surface area (Å²) in [5, 5.41) is 8.46. The summed E-state index contributed by atoms with van der Waals surface area (Å²) in [6.45, 7) is 0.317. The molecule has 1 aliphatic carbocycles. The van der Waals surface area contributed by atoms with E-state index in [0.717, 1.165) is 18.8 Å². The predicted molar refractivity (Wildman–Crippen MR) is 79.0 cm³/mol. The summed E-state index contributed by atoms with van der Waals surface area (Å²) in [7, 11) is 0. The lowest BCUT2D eigenvalue weighted by Crippen LogP contribution is -2.08. The van der Waals surface area contributed by atoms with Crippen molar-refractivity contribution in [1.82, 2.24) is 0 Å². The highest BCUT2D eigenvalue weighted by atomic mass is 16.5. The highest BCUT2D eigenvalue weighted by Crippen LogP contribution is 2.32. The van der Waals surface area contributed by atoms with E-state index in [1.165, 1.54) is 43.2 Å². The third-order valence-electron chi connectivity index (χ3n) is 4.04. The summed E-state index contributed by atoms with van der Waals surface area (Å²) in [6.07, 6.45) is 8.62. The Morgan fingerprint density at radius 1 is 1.15 bits per heavy atom. The molecule has 2 rings (SSSR count). The van der Waals surface area contributed by atoms with E-state index in [9.17, 15) is 4.79 Å². The molecule has 1 saturated carbocycles. The van der Waals surface area contributed by atoms with Crippen molar-refractivity contribution in [2.45, 2.75) is 50.9 Å². The van der Waals surface area contributed by atoms with Gasteiger partial charge in [0, 0.05) is 6.61 Å². The number of rotatable bonds is 7. The molecule has 0 amide bonds. The van der Waals surface area contributed by atoms with Gasteiger partial charge in [-0.05, 0) is 42.7 Å². The molecule has 0 saturated heterocycles. The Morgan fingerprint density at radius 3 is 2.50 bits per heavy atom. The Kier molecular flexibility index (Phi) is 6.06. The summed E-state index contributed by atoms with van der Waals surface area (Å²) >= 11 is 0.